The van der Waals surface area contributed by atoms with Crippen molar-refractivity contribution in [3.05, 3.63) is 0 Å². The van der Waals surface area contributed by atoms with E-state index in [0.717, 1.165) is 38.9 Å². The molecule has 0 fully saturated rings. The molecule has 0 N–H and O–H groups in total. The molecule has 0 aromatic heterocycles. The third kappa shape index (κ3) is 16.2. The third-order valence-electron chi connectivity index (χ3n) is 2.57. The van der Waals surface area contributed by atoms with Gasteiger partial charge < -0.3 is 4.74 Å². The van der Waals surface area contributed by atoms with Gasteiger partial charge in [-0.25, -0.2) is 8.42 Å². The van der Waals surface area contributed by atoms with Crippen LogP contribution in [-0.4, -0.2) is 27.4 Å². The van der Waals surface area contributed by atoms with Gasteiger partial charge >= 0.3 is 0 Å². The van der Waals surface area contributed by atoms with Crippen molar-refractivity contribution in [1.29, 1.82) is 0 Å². The SMILES string of the molecule is CCCCCCOCCCCCCS(=O)(=O)Cl. The topological polar surface area (TPSA) is 43.4 Å². The molecule has 0 saturated carbocycles. The smallest absolute Gasteiger partial charge is 0.232 e. The Morgan fingerprint density at radius 1 is 0.882 bits per heavy atom. The average molecular weight is 285 g/mol. The molecule has 0 aliphatic heterocycles. The Morgan fingerprint density at radius 3 is 1.94 bits per heavy atom. The quantitative estimate of drug-likeness (QED) is 0.405. The minimum atomic E-state index is -3.29. The van der Waals surface area contributed by atoms with E-state index in [9.17, 15) is 8.42 Å². The summed E-state index contributed by atoms with van der Waals surface area (Å²) in [5.41, 5.74) is 0. The first kappa shape index (κ1) is 17.2. The van der Waals surface area contributed by atoms with E-state index in [0.29, 0.717) is 6.42 Å². The van der Waals surface area contributed by atoms with Crippen LogP contribution >= 0.6 is 10.7 Å². The van der Waals surface area contributed by atoms with Crippen LogP contribution in [0.5, 0.6) is 0 Å². The van der Waals surface area contributed by atoms with Crippen LogP contribution in [0.4, 0.5) is 0 Å². The van der Waals surface area contributed by atoms with Gasteiger partial charge in [-0.15, -0.1) is 0 Å². The molecule has 0 aromatic rings. The van der Waals surface area contributed by atoms with E-state index >= 15 is 0 Å². The fraction of sp³-hybridized carbons (Fsp3) is 1.00. The zero-order valence-corrected chi connectivity index (χ0v) is 12.4. The molecule has 0 spiro atoms. The molecule has 0 heterocycles. The zero-order valence-electron chi connectivity index (χ0n) is 10.8. The molecule has 5 heteroatoms. The molecule has 0 bridgehead atoms. The second-order valence-electron chi connectivity index (χ2n) is 4.33. The highest BCUT2D eigenvalue weighted by atomic mass is 35.7. The predicted octanol–water partition coefficient (Wildman–Crippen LogP) is 3.71. The Balaban J connectivity index is 3.04. The fourth-order valence-corrected chi connectivity index (χ4v) is 2.44. The van der Waals surface area contributed by atoms with Crippen molar-refractivity contribution in [2.75, 3.05) is 19.0 Å². The first-order chi connectivity index (χ1) is 8.06. The summed E-state index contributed by atoms with van der Waals surface area (Å²) < 4.78 is 26.7. The van der Waals surface area contributed by atoms with Gasteiger partial charge in [0.05, 0.1) is 5.75 Å². The summed E-state index contributed by atoms with van der Waals surface area (Å²) in [6.07, 6.45) is 8.53. The van der Waals surface area contributed by atoms with Crippen molar-refractivity contribution < 1.29 is 13.2 Å². The van der Waals surface area contributed by atoms with Crippen LogP contribution in [0.3, 0.4) is 0 Å². The molecule has 17 heavy (non-hydrogen) atoms. The number of halogens is 1. The molecule has 0 unspecified atom stereocenters. The van der Waals surface area contributed by atoms with Crippen LogP contribution < -0.4 is 0 Å². The van der Waals surface area contributed by atoms with Gasteiger partial charge in [-0.2, -0.15) is 0 Å². The van der Waals surface area contributed by atoms with Gasteiger partial charge in [-0.3, -0.25) is 0 Å². The number of rotatable bonds is 12. The maximum Gasteiger partial charge on any atom is 0.232 e. The van der Waals surface area contributed by atoms with Gasteiger partial charge in [0.25, 0.3) is 0 Å². The second-order valence-corrected chi connectivity index (χ2v) is 7.23. The van der Waals surface area contributed by atoms with Crippen LogP contribution in [0.15, 0.2) is 0 Å². The van der Waals surface area contributed by atoms with Crippen molar-refractivity contribution in [1.82, 2.24) is 0 Å². The molecule has 104 valence electrons. The lowest BCUT2D eigenvalue weighted by atomic mass is 10.2. The van der Waals surface area contributed by atoms with Crippen LogP contribution in [0, 0.1) is 0 Å². The van der Waals surface area contributed by atoms with Gasteiger partial charge in [0.1, 0.15) is 0 Å². The van der Waals surface area contributed by atoms with E-state index in [4.69, 9.17) is 15.4 Å². The van der Waals surface area contributed by atoms with Gasteiger partial charge in [-0.1, -0.05) is 39.0 Å². The van der Waals surface area contributed by atoms with Crippen LogP contribution in [0.1, 0.15) is 58.3 Å². The van der Waals surface area contributed by atoms with Gasteiger partial charge in [0, 0.05) is 23.9 Å². The highest BCUT2D eigenvalue weighted by molar-refractivity contribution is 8.13. The minimum absolute atomic E-state index is 0.0897. The normalized spacial score (nSPS) is 11.9. The molecule has 0 rings (SSSR count). The Kier molecular flexibility index (Phi) is 11.4. The number of hydrogen-bond donors (Lipinski definition) is 0. The first-order valence-corrected chi connectivity index (χ1v) is 9.04. The summed E-state index contributed by atoms with van der Waals surface area (Å²) in [6.45, 7) is 3.84. The van der Waals surface area contributed by atoms with Crippen molar-refractivity contribution in [3.63, 3.8) is 0 Å². The molecule has 0 atom stereocenters. The molecule has 0 aliphatic carbocycles. The van der Waals surface area contributed by atoms with Crippen LogP contribution in [0.2, 0.25) is 0 Å². The van der Waals surface area contributed by atoms with Crippen LogP contribution in [-0.2, 0) is 13.8 Å². The number of hydrogen-bond acceptors (Lipinski definition) is 3. The number of unbranched alkanes of at least 4 members (excludes halogenated alkanes) is 6. The standard InChI is InChI=1S/C12H25ClO3S/c1-2-3-4-7-10-16-11-8-5-6-9-12-17(13,14)15/h2-12H2,1H3. The summed E-state index contributed by atoms with van der Waals surface area (Å²) in [6, 6.07) is 0. The summed E-state index contributed by atoms with van der Waals surface area (Å²) >= 11 is 0. The summed E-state index contributed by atoms with van der Waals surface area (Å²) in [4.78, 5) is 0. The Hall–Kier alpha value is 0.200. The van der Waals surface area contributed by atoms with Crippen LogP contribution in [0.25, 0.3) is 0 Å². The van der Waals surface area contributed by atoms with Gasteiger partial charge in [-0.05, 0) is 19.3 Å². The van der Waals surface area contributed by atoms with E-state index in [1.807, 2.05) is 0 Å². The molecular formula is C12H25ClO3S. The molecule has 0 aliphatic rings. The van der Waals surface area contributed by atoms with E-state index in [1.54, 1.807) is 0 Å². The van der Waals surface area contributed by atoms with E-state index in [1.165, 1.54) is 19.3 Å². The maximum absolute atomic E-state index is 10.6. The maximum atomic E-state index is 10.6. The number of ether oxygens (including phenoxy) is 1. The van der Waals surface area contributed by atoms with Crippen molar-refractivity contribution in [2.45, 2.75) is 58.3 Å². The lowest BCUT2D eigenvalue weighted by molar-refractivity contribution is 0.126. The Labute approximate surface area is 110 Å². The monoisotopic (exact) mass is 284 g/mol. The molecular weight excluding hydrogens is 260 g/mol. The lowest BCUT2D eigenvalue weighted by Crippen LogP contribution is -1.99. The fourth-order valence-electron chi connectivity index (χ4n) is 1.57. The van der Waals surface area contributed by atoms with E-state index in [2.05, 4.69) is 6.92 Å². The van der Waals surface area contributed by atoms with E-state index < -0.39 is 9.05 Å². The largest absolute Gasteiger partial charge is 0.381 e. The van der Waals surface area contributed by atoms with Gasteiger partial charge in [0.2, 0.25) is 9.05 Å². The second kappa shape index (κ2) is 11.3. The summed E-state index contributed by atoms with van der Waals surface area (Å²) in [5, 5.41) is 0. The molecule has 0 amide bonds. The molecule has 0 aromatic carbocycles. The average Bonchev–Trinajstić information content (AvgIpc) is 2.24. The zero-order chi connectivity index (χ0) is 13.0. The van der Waals surface area contributed by atoms with Gasteiger partial charge in [0.15, 0.2) is 0 Å². The summed E-state index contributed by atoms with van der Waals surface area (Å²) in [5.74, 6) is 0.0897. The van der Waals surface area contributed by atoms with Crippen molar-refractivity contribution in [3.8, 4) is 0 Å². The highest BCUT2D eigenvalue weighted by Crippen LogP contribution is 2.06. The lowest BCUT2D eigenvalue weighted by Gasteiger charge is -2.03. The summed E-state index contributed by atoms with van der Waals surface area (Å²) in [7, 11) is 1.81. The highest BCUT2D eigenvalue weighted by Gasteiger charge is 2.03. The Bertz CT molecular complexity index is 252. The van der Waals surface area contributed by atoms with Crippen molar-refractivity contribution in [2.24, 2.45) is 0 Å². The Morgan fingerprint density at radius 2 is 1.41 bits per heavy atom. The third-order valence-corrected chi connectivity index (χ3v) is 3.81. The van der Waals surface area contributed by atoms with Crippen molar-refractivity contribution >= 4 is 19.7 Å². The molecule has 0 radical (unpaired) electrons. The molecule has 3 nitrogen and oxygen atoms in total. The predicted molar refractivity (Wildman–Crippen MR) is 73.1 cm³/mol. The minimum Gasteiger partial charge on any atom is -0.381 e. The molecule has 0 saturated heterocycles. The van der Waals surface area contributed by atoms with E-state index in [-0.39, 0.29) is 5.75 Å². The first-order valence-electron chi connectivity index (χ1n) is 6.56.